The van der Waals surface area contributed by atoms with Crippen LogP contribution in [0.4, 0.5) is 17.1 Å². The van der Waals surface area contributed by atoms with E-state index in [2.05, 4.69) is 15.5 Å². The number of halogens is 1. The number of nitrogens with one attached hydrogen (secondary N) is 2. The number of hydrogen-bond acceptors (Lipinski definition) is 7. The van der Waals surface area contributed by atoms with E-state index in [4.69, 9.17) is 21.1 Å². The Kier molecular flexibility index (Phi) is 7.97. The minimum absolute atomic E-state index is 0.267. The summed E-state index contributed by atoms with van der Waals surface area (Å²) in [5.74, 6) is 0.638. The predicted octanol–water partition coefficient (Wildman–Crippen LogP) is 5.07. The Bertz CT molecular complexity index is 1330. The van der Waals surface area contributed by atoms with E-state index in [1.165, 1.54) is 13.4 Å². The van der Waals surface area contributed by atoms with Gasteiger partial charge in [0, 0.05) is 49.7 Å². The largest absolute Gasteiger partial charge is 0.493 e. The molecule has 0 radical (unpaired) electrons. The third-order valence-corrected chi connectivity index (χ3v) is 7.91. The number of hydrogen-bond donors (Lipinski definition) is 2. The van der Waals surface area contributed by atoms with Gasteiger partial charge in [0.25, 0.3) is 0 Å². The molecule has 0 spiro atoms. The lowest BCUT2D eigenvalue weighted by Crippen LogP contribution is -2.43. The molecule has 1 aliphatic heterocycles. The van der Waals surface area contributed by atoms with E-state index in [0.29, 0.717) is 27.8 Å². The third-order valence-electron chi connectivity index (χ3n) is 6.43. The van der Waals surface area contributed by atoms with Crippen molar-refractivity contribution in [3.8, 4) is 11.5 Å². The highest BCUT2D eigenvalue weighted by Gasteiger charge is 2.27. The van der Waals surface area contributed by atoms with Gasteiger partial charge < -0.3 is 25.0 Å². The average molecular weight is 530 g/mol. The van der Waals surface area contributed by atoms with Crippen LogP contribution < -0.4 is 25.0 Å². The van der Waals surface area contributed by atoms with E-state index in [1.54, 1.807) is 13.2 Å². The van der Waals surface area contributed by atoms with Crippen molar-refractivity contribution in [2.45, 2.75) is 17.7 Å². The van der Waals surface area contributed by atoms with Crippen LogP contribution in [0.15, 0.2) is 59.5 Å². The quantitative estimate of drug-likeness (QED) is 0.422. The molecule has 1 saturated heterocycles. The molecular formula is C27H32ClN3O4S. The molecule has 1 aliphatic rings. The number of nitrogens with zero attached hydrogens (tertiary/aromatic N) is 1. The molecule has 0 bridgehead atoms. The van der Waals surface area contributed by atoms with Crippen LogP contribution in [0, 0.1) is 0 Å². The van der Waals surface area contributed by atoms with Crippen molar-refractivity contribution in [1.82, 2.24) is 5.32 Å². The molecular weight excluding hydrogens is 498 g/mol. The number of ether oxygens (including phenoxy) is 2. The normalized spacial score (nSPS) is 14.9. The highest BCUT2D eigenvalue weighted by Crippen LogP contribution is 2.43. The molecule has 1 atom stereocenters. The van der Waals surface area contributed by atoms with E-state index in [-0.39, 0.29) is 10.8 Å². The van der Waals surface area contributed by atoms with Crippen molar-refractivity contribution in [3.63, 3.8) is 0 Å². The molecule has 192 valence electrons. The standard InChI is InChI=1S/C27H32ClN3O4S/c1-18(19-14-23(28)26(35-3)25(15-19)34-2)22-16-21(31-12-10-29-11-13-31)17-24(27(22)36(4,32)33)30-20-8-6-5-7-9-20/h5-9,14-18,29-30H,10-13H2,1-4H3. The first kappa shape index (κ1) is 26.1. The molecule has 36 heavy (non-hydrogen) atoms. The van der Waals surface area contributed by atoms with Gasteiger partial charge in [-0.2, -0.15) is 0 Å². The number of para-hydroxylation sites is 1. The predicted molar refractivity (Wildman–Crippen MR) is 146 cm³/mol. The molecule has 1 heterocycles. The van der Waals surface area contributed by atoms with Crippen LogP contribution in [0.3, 0.4) is 0 Å². The summed E-state index contributed by atoms with van der Waals surface area (Å²) in [6.45, 7) is 5.38. The van der Waals surface area contributed by atoms with Crippen molar-refractivity contribution < 1.29 is 17.9 Å². The lowest BCUT2D eigenvalue weighted by atomic mass is 9.91. The van der Waals surface area contributed by atoms with Crippen LogP contribution in [-0.4, -0.2) is 55.1 Å². The van der Waals surface area contributed by atoms with E-state index >= 15 is 0 Å². The Morgan fingerprint density at radius 3 is 2.33 bits per heavy atom. The topological polar surface area (TPSA) is 79.9 Å². The van der Waals surface area contributed by atoms with Crippen LogP contribution in [0.1, 0.15) is 24.0 Å². The zero-order valence-corrected chi connectivity index (χ0v) is 22.5. The van der Waals surface area contributed by atoms with Gasteiger partial charge >= 0.3 is 0 Å². The molecule has 0 amide bonds. The highest BCUT2D eigenvalue weighted by molar-refractivity contribution is 7.91. The molecule has 2 N–H and O–H groups in total. The number of anilines is 3. The summed E-state index contributed by atoms with van der Waals surface area (Å²) in [7, 11) is -0.518. The van der Waals surface area contributed by atoms with Crippen molar-refractivity contribution >= 4 is 38.5 Å². The number of sulfone groups is 1. The minimum atomic E-state index is -3.61. The number of benzene rings is 3. The van der Waals surface area contributed by atoms with Gasteiger partial charge in [-0.25, -0.2) is 8.42 Å². The van der Waals surface area contributed by atoms with Gasteiger partial charge in [0.1, 0.15) is 0 Å². The summed E-state index contributed by atoms with van der Waals surface area (Å²) in [4.78, 5) is 2.54. The van der Waals surface area contributed by atoms with Crippen molar-refractivity contribution in [2.24, 2.45) is 0 Å². The second-order valence-electron chi connectivity index (χ2n) is 8.87. The second-order valence-corrected chi connectivity index (χ2v) is 11.2. The molecule has 1 fully saturated rings. The molecule has 0 aromatic heterocycles. The van der Waals surface area contributed by atoms with Gasteiger partial charge in [0.2, 0.25) is 0 Å². The average Bonchev–Trinajstić information content (AvgIpc) is 2.87. The lowest BCUT2D eigenvalue weighted by Gasteiger charge is -2.31. The molecule has 3 aromatic carbocycles. The Hall–Kier alpha value is -2.94. The fourth-order valence-electron chi connectivity index (χ4n) is 4.61. The maximum Gasteiger partial charge on any atom is 0.179 e. The zero-order chi connectivity index (χ0) is 25.9. The van der Waals surface area contributed by atoms with Crippen LogP contribution in [0.25, 0.3) is 0 Å². The lowest BCUT2D eigenvalue weighted by molar-refractivity contribution is 0.354. The van der Waals surface area contributed by atoms with Gasteiger partial charge in [-0.3, -0.25) is 0 Å². The first-order valence-electron chi connectivity index (χ1n) is 11.8. The number of rotatable bonds is 8. The van der Waals surface area contributed by atoms with Crippen LogP contribution >= 0.6 is 11.6 Å². The SMILES string of the molecule is COc1cc(C(C)c2cc(N3CCNCC3)cc(Nc3ccccc3)c2S(C)(=O)=O)cc(Cl)c1OC. The van der Waals surface area contributed by atoms with Crippen molar-refractivity contribution in [1.29, 1.82) is 0 Å². The Balaban J connectivity index is 1.92. The summed E-state index contributed by atoms with van der Waals surface area (Å²) in [6.07, 6.45) is 1.25. The van der Waals surface area contributed by atoms with Gasteiger partial charge in [0.15, 0.2) is 21.3 Å². The van der Waals surface area contributed by atoms with Gasteiger partial charge in [-0.15, -0.1) is 0 Å². The van der Waals surface area contributed by atoms with E-state index < -0.39 is 9.84 Å². The maximum atomic E-state index is 13.2. The number of methoxy groups -OCH3 is 2. The molecule has 3 aromatic rings. The molecule has 4 rings (SSSR count). The molecule has 9 heteroatoms. The first-order chi connectivity index (χ1) is 17.2. The summed E-state index contributed by atoms with van der Waals surface area (Å²) in [5.41, 5.74) is 3.84. The van der Waals surface area contributed by atoms with Gasteiger partial charge in [0.05, 0.1) is 29.8 Å². The first-order valence-corrected chi connectivity index (χ1v) is 14.1. The maximum absolute atomic E-state index is 13.2. The summed E-state index contributed by atoms with van der Waals surface area (Å²) < 4.78 is 37.4. The third kappa shape index (κ3) is 5.56. The highest BCUT2D eigenvalue weighted by atomic mass is 35.5. The Labute approximate surface area is 218 Å². The smallest absolute Gasteiger partial charge is 0.179 e. The van der Waals surface area contributed by atoms with E-state index in [1.807, 2.05) is 55.5 Å². The fourth-order valence-corrected chi connectivity index (χ4v) is 6.08. The van der Waals surface area contributed by atoms with Crippen LogP contribution in [-0.2, 0) is 9.84 Å². The van der Waals surface area contributed by atoms with Gasteiger partial charge in [-0.05, 0) is 47.5 Å². The Morgan fingerprint density at radius 2 is 1.72 bits per heavy atom. The summed E-state index contributed by atoms with van der Waals surface area (Å²) in [5, 5.41) is 7.14. The molecule has 0 aliphatic carbocycles. The molecule has 0 saturated carbocycles. The van der Waals surface area contributed by atoms with Crippen LogP contribution in [0.2, 0.25) is 5.02 Å². The molecule has 7 nitrogen and oxygen atoms in total. The van der Waals surface area contributed by atoms with Crippen LogP contribution in [0.5, 0.6) is 11.5 Å². The minimum Gasteiger partial charge on any atom is -0.493 e. The Morgan fingerprint density at radius 1 is 1.03 bits per heavy atom. The summed E-state index contributed by atoms with van der Waals surface area (Å²) in [6, 6.07) is 17.2. The van der Waals surface area contributed by atoms with Crippen molar-refractivity contribution in [3.05, 3.63) is 70.7 Å². The summed E-state index contributed by atoms with van der Waals surface area (Å²) >= 11 is 6.52. The van der Waals surface area contributed by atoms with E-state index in [0.717, 1.165) is 43.1 Å². The number of piperazine rings is 1. The second kappa shape index (κ2) is 11.0. The van der Waals surface area contributed by atoms with E-state index in [9.17, 15) is 8.42 Å². The zero-order valence-electron chi connectivity index (χ0n) is 21.0. The molecule has 1 unspecified atom stereocenters. The monoisotopic (exact) mass is 529 g/mol. The fraction of sp³-hybridized carbons (Fsp3) is 0.333. The van der Waals surface area contributed by atoms with Crippen molar-refractivity contribution in [2.75, 3.05) is 56.9 Å². The van der Waals surface area contributed by atoms with Gasteiger partial charge in [-0.1, -0.05) is 36.7 Å².